The zero-order valence-electron chi connectivity index (χ0n) is 13.7. The van der Waals surface area contributed by atoms with Gasteiger partial charge in [-0.2, -0.15) is 0 Å². The maximum Gasteiger partial charge on any atom is 0.342 e. The summed E-state index contributed by atoms with van der Waals surface area (Å²) in [5.74, 6) is -2.78. The van der Waals surface area contributed by atoms with E-state index in [4.69, 9.17) is 9.84 Å². The molecule has 23 heavy (non-hydrogen) atoms. The second-order valence-electron chi connectivity index (χ2n) is 6.36. The molecule has 2 N–H and O–H groups in total. The summed E-state index contributed by atoms with van der Waals surface area (Å²) >= 11 is 0. The lowest BCUT2D eigenvalue weighted by atomic mass is 10.1. The van der Waals surface area contributed by atoms with Crippen molar-refractivity contribution < 1.29 is 33.8 Å². The van der Waals surface area contributed by atoms with Crippen LogP contribution in [0.1, 0.15) is 34.1 Å². The number of quaternary nitrogens is 1. The summed E-state index contributed by atoms with van der Waals surface area (Å²) in [6, 6.07) is 4.18. The Balaban J connectivity index is 3.01. The van der Waals surface area contributed by atoms with Gasteiger partial charge in [-0.05, 0) is 19.1 Å². The van der Waals surface area contributed by atoms with E-state index in [1.807, 2.05) is 21.1 Å². The molecule has 7 heteroatoms. The van der Waals surface area contributed by atoms with Gasteiger partial charge in [0.05, 0.1) is 33.1 Å². The molecule has 1 rings (SSSR count). The van der Waals surface area contributed by atoms with Crippen LogP contribution < -0.4 is 0 Å². The monoisotopic (exact) mass is 324 g/mol. The molecule has 0 unspecified atom stereocenters. The van der Waals surface area contributed by atoms with Crippen molar-refractivity contribution in [2.75, 3.05) is 27.7 Å². The quantitative estimate of drug-likeness (QED) is 0.445. The van der Waals surface area contributed by atoms with Gasteiger partial charge in [-0.25, -0.2) is 4.79 Å². The molecule has 1 aromatic rings. The molecular weight excluding hydrogens is 302 g/mol. The molecule has 7 nitrogen and oxygen atoms in total. The molecule has 1 aromatic carbocycles. The molecule has 0 heterocycles. The van der Waals surface area contributed by atoms with E-state index in [0.29, 0.717) is 11.0 Å². The molecule has 126 valence electrons. The molecule has 0 bridgehead atoms. The number of phenols is 1. The van der Waals surface area contributed by atoms with Crippen LogP contribution in [0.5, 0.6) is 5.75 Å². The highest BCUT2D eigenvalue weighted by atomic mass is 16.5. The van der Waals surface area contributed by atoms with Crippen molar-refractivity contribution in [3.05, 3.63) is 29.3 Å². The number of carbonyl (C=O) groups excluding carboxylic acids is 2. The van der Waals surface area contributed by atoms with Crippen LogP contribution in [-0.2, 0) is 9.53 Å². The van der Waals surface area contributed by atoms with Crippen LogP contribution in [0, 0.1) is 0 Å². The topological polar surface area (TPSA) is 101 Å². The van der Waals surface area contributed by atoms with E-state index in [0.717, 1.165) is 0 Å². The van der Waals surface area contributed by atoms with Gasteiger partial charge in [0.2, 0.25) is 0 Å². The molecule has 0 saturated heterocycles. The molecule has 0 aromatic heterocycles. The minimum atomic E-state index is -1.09. The summed E-state index contributed by atoms with van der Waals surface area (Å²) in [7, 11) is 5.53. The number of carboxylic acid groups (broad SMARTS) is 1. The number of esters is 1. The molecule has 0 aliphatic rings. The third kappa shape index (κ3) is 5.71. The standard InChI is InChI=1S/C16H21NO6/c1-10(18)12-6-5-7-13(15(12)21)16(22)23-11(8-14(19)20)9-17(2,3)4/h5-7,11H,8-9H2,1-4H3,(H-,18,19,20,21,22)/p+1/t11-/m1/s1. The summed E-state index contributed by atoms with van der Waals surface area (Å²) in [6.45, 7) is 1.57. The highest BCUT2D eigenvalue weighted by molar-refractivity contribution is 6.02. The van der Waals surface area contributed by atoms with E-state index >= 15 is 0 Å². The fourth-order valence-corrected chi connectivity index (χ4v) is 2.16. The van der Waals surface area contributed by atoms with Crippen molar-refractivity contribution in [1.29, 1.82) is 0 Å². The van der Waals surface area contributed by atoms with Gasteiger partial charge in [-0.1, -0.05) is 6.07 Å². The number of benzene rings is 1. The fraction of sp³-hybridized carbons (Fsp3) is 0.438. The number of carbonyl (C=O) groups is 3. The Morgan fingerprint density at radius 2 is 1.74 bits per heavy atom. The second-order valence-corrected chi connectivity index (χ2v) is 6.36. The van der Waals surface area contributed by atoms with Crippen molar-refractivity contribution in [2.24, 2.45) is 0 Å². The Morgan fingerprint density at radius 3 is 2.22 bits per heavy atom. The highest BCUT2D eigenvalue weighted by Crippen LogP contribution is 2.24. The number of aliphatic carboxylic acids is 1. The third-order valence-electron chi connectivity index (χ3n) is 3.06. The number of para-hydroxylation sites is 1. The van der Waals surface area contributed by atoms with Gasteiger partial charge >= 0.3 is 11.9 Å². The maximum absolute atomic E-state index is 12.2. The number of hydrogen-bond acceptors (Lipinski definition) is 5. The van der Waals surface area contributed by atoms with Gasteiger partial charge in [0.1, 0.15) is 17.9 Å². The van der Waals surface area contributed by atoms with Crippen molar-refractivity contribution >= 4 is 17.7 Å². The van der Waals surface area contributed by atoms with Crippen LogP contribution in [0.4, 0.5) is 0 Å². The summed E-state index contributed by atoms with van der Waals surface area (Å²) in [5.41, 5.74) is -0.143. The van der Waals surface area contributed by atoms with Crippen molar-refractivity contribution in [1.82, 2.24) is 0 Å². The van der Waals surface area contributed by atoms with Crippen LogP contribution in [0.2, 0.25) is 0 Å². The van der Waals surface area contributed by atoms with Gasteiger partial charge in [0, 0.05) is 0 Å². The first-order valence-corrected chi connectivity index (χ1v) is 7.07. The number of nitrogens with zero attached hydrogens (tertiary/aromatic N) is 1. The number of phenolic OH excluding ortho intramolecular Hbond substituents is 1. The molecule has 0 spiro atoms. The number of hydrogen-bond donors (Lipinski definition) is 2. The number of aromatic hydroxyl groups is 1. The van der Waals surface area contributed by atoms with E-state index in [2.05, 4.69) is 0 Å². The first kappa shape index (κ1) is 18.6. The van der Waals surface area contributed by atoms with Crippen LogP contribution >= 0.6 is 0 Å². The number of ether oxygens (including phenoxy) is 1. The molecule has 0 amide bonds. The lowest BCUT2D eigenvalue weighted by Gasteiger charge is -2.28. The summed E-state index contributed by atoms with van der Waals surface area (Å²) < 4.78 is 5.64. The first-order chi connectivity index (χ1) is 10.5. The molecule has 1 atom stereocenters. The van der Waals surface area contributed by atoms with E-state index in [1.165, 1.54) is 25.1 Å². The summed E-state index contributed by atoms with van der Waals surface area (Å²) in [5, 5.41) is 19.0. The van der Waals surface area contributed by atoms with Gasteiger partial charge in [0.15, 0.2) is 11.9 Å². The van der Waals surface area contributed by atoms with Crippen LogP contribution in [0.25, 0.3) is 0 Å². The Morgan fingerprint density at radius 1 is 1.17 bits per heavy atom. The Labute approximate surface area is 134 Å². The number of Topliss-reactive ketones (excluding diaryl/α,β-unsaturated/α-hetero) is 1. The van der Waals surface area contributed by atoms with Crippen LogP contribution in [0.15, 0.2) is 18.2 Å². The van der Waals surface area contributed by atoms with Crippen molar-refractivity contribution in [3.8, 4) is 5.75 Å². The van der Waals surface area contributed by atoms with E-state index in [1.54, 1.807) is 0 Å². The van der Waals surface area contributed by atoms with Crippen molar-refractivity contribution in [3.63, 3.8) is 0 Å². The molecular formula is C16H22NO6+. The zero-order chi connectivity index (χ0) is 17.8. The molecule has 0 aliphatic heterocycles. The van der Waals surface area contributed by atoms with Crippen molar-refractivity contribution in [2.45, 2.75) is 19.4 Å². The number of likely N-dealkylation sites (N-methyl/N-ethyl adjacent to an activating group) is 1. The minimum Gasteiger partial charge on any atom is -0.506 e. The van der Waals surface area contributed by atoms with Gasteiger partial charge < -0.3 is 19.4 Å². The van der Waals surface area contributed by atoms with Gasteiger partial charge in [-0.15, -0.1) is 0 Å². The number of ketones is 1. The predicted molar refractivity (Wildman–Crippen MR) is 82.5 cm³/mol. The SMILES string of the molecule is CC(=O)c1cccc(C(=O)O[C@H](CC(=O)O)C[N+](C)(C)C)c1O. The third-order valence-corrected chi connectivity index (χ3v) is 3.06. The summed E-state index contributed by atoms with van der Waals surface area (Å²) in [6.07, 6.45) is -1.19. The maximum atomic E-state index is 12.2. The molecule has 0 radical (unpaired) electrons. The Bertz CT molecular complexity index is 617. The predicted octanol–water partition coefficient (Wildman–Crippen LogP) is 1.30. The van der Waals surface area contributed by atoms with Gasteiger partial charge in [0.25, 0.3) is 0 Å². The zero-order valence-corrected chi connectivity index (χ0v) is 13.7. The summed E-state index contributed by atoms with van der Waals surface area (Å²) in [4.78, 5) is 34.6. The average Bonchev–Trinajstić information content (AvgIpc) is 2.35. The average molecular weight is 324 g/mol. The van der Waals surface area contributed by atoms with Crippen LogP contribution in [0.3, 0.4) is 0 Å². The molecule has 0 aliphatic carbocycles. The Kier molecular flexibility index (Phi) is 5.86. The second kappa shape index (κ2) is 7.23. The largest absolute Gasteiger partial charge is 0.506 e. The smallest absolute Gasteiger partial charge is 0.342 e. The lowest BCUT2D eigenvalue weighted by molar-refractivity contribution is -0.873. The number of carboxylic acids is 1. The van der Waals surface area contributed by atoms with Gasteiger partial charge in [-0.3, -0.25) is 9.59 Å². The van der Waals surface area contributed by atoms with E-state index in [-0.39, 0.29) is 23.3 Å². The van der Waals surface area contributed by atoms with Crippen LogP contribution in [-0.4, -0.2) is 66.2 Å². The van der Waals surface area contributed by atoms with E-state index < -0.39 is 23.8 Å². The normalized spacial score (nSPS) is 12.5. The number of rotatable bonds is 7. The minimum absolute atomic E-state index is 0.0147. The first-order valence-electron chi connectivity index (χ1n) is 7.07. The lowest BCUT2D eigenvalue weighted by Crippen LogP contribution is -2.43. The fourth-order valence-electron chi connectivity index (χ4n) is 2.16. The Hall–Kier alpha value is -2.41. The van der Waals surface area contributed by atoms with E-state index in [9.17, 15) is 19.5 Å². The molecule has 0 fully saturated rings. The molecule has 0 saturated carbocycles. The highest BCUT2D eigenvalue weighted by Gasteiger charge is 2.27.